The molecule has 0 heterocycles. The topological polar surface area (TPSA) is 17.1 Å². The highest BCUT2D eigenvalue weighted by molar-refractivity contribution is 14.1. The van der Waals surface area contributed by atoms with E-state index in [1.54, 1.807) is 6.07 Å². The Kier molecular flexibility index (Phi) is 2.36. The average molecular weight is 290 g/mol. The number of carbonyl (C=O) groups excluding carboxylic acids is 1. The summed E-state index contributed by atoms with van der Waals surface area (Å²) in [5.74, 6) is -0.0232. The van der Waals surface area contributed by atoms with Gasteiger partial charge in [-0.3, -0.25) is 4.79 Å². The number of rotatable bonds is 1. The molecule has 2 rings (SSSR count). The van der Waals surface area contributed by atoms with Crippen molar-refractivity contribution >= 4 is 28.4 Å². The summed E-state index contributed by atoms with van der Waals surface area (Å²) in [6.07, 6.45) is 1.52. The Morgan fingerprint density at radius 2 is 2.23 bits per heavy atom. The van der Waals surface area contributed by atoms with Gasteiger partial charge in [0.2, 0.25) is 0 Å². The average Bonchev–Trinajstić information content (AvgIpc) is 2.09. The molecule has 0 amide bonds. The Morgan fingerprint density at radius 3 is 2.69 bits per heavy atom. The molecule has 1 nitrogen and oxygen atoms in total. The van der Waals surface area contributed by atoms with Crippen LogP contribution < -0.4 is 0 Å². The lowest BCUT2D eigenvalue weighted by atomic mass is 9.79. The van der Waals surface area contributed by atoms with E-state index < -0.39 is 0 Å². The van der Waals surface area contributed by atoms with Crippen molar-refractivity contribution in [2.75, 3.05) is 0 Å². The monoisotopic (exact) mass is 290 g/mol. The summed E-state index contributed by atoms with van der Waals surface area (Å²) in [5.41, 5.74) is 0.828. The third-order valence-corrected chi connectivity index (χ3v) is 3.29. The molecule has 0 aromatic heterocycles. The Hall–Kier alpha value is -0.450. The minimum atomic E-state index is -0.224. The normalized spacial score (nSPS) is 21.4. The van der Waals surface area contributed by atoms with Gasteiger partial charge >= 0.3 is 0 Å². The first-order chi connectivity index (χ1) is 6.18. The van der Waals surface area contributed by atoms with Crippen molar-refractivity contribution in [1.29, 1.82) is 0 Å². The first-order valence-electron chi connectivity index (χ1n) is 4.16. The Balaban J connectivity index is 2.31. The second-order valence-corrected chi connectivity index (χ2v) is 4.39. The largest absolute Gasteiger partial charge is 0.299 e. The maximum Gasteiger partial charge on any atom is 0.140 e. The molecule has 1 atom stereocenters. The number of benzene rings is 1. The summed E-state index contributed by atoms with van der Waals surface area (Å²) in [6, 6.07) is 5.03. The van der Waals surface area contributed by atoms with E-state index in [0.717, 1.165) is 12.0 Å². The molecule has 68 valence electrons. The highest BCUT2D eigenvalue weighted by Gasteiger charge is 2.29. The van der Waals surface area contributed by atoms with Gasteiger partial charge in [0, 0.05) is 15.9 Å². The van der Waals surface area contributed by atoms with Crippen molar-refractivity contribution in [1.82, 2.24) is 0 Å². The zero-order valence-corrected chi connectivity index (χ0v) is 9.05. The zero-order valence-electron chi connectivity index (χ0n) is 6.89. The summed E-state index contributed by atoms with van der Waals surface area (Å²) in [7, 11) is 0. The number of Topliss-reactive ketones (excluding diaryl/α,β-unsaturated/α-hetero) is 1. The highest BCUT2D eigenvalue weighted by atomic mass is 127. The number of hydrogen-bond acceptors (Lipinski definition) is 1. The number of halogens is 2. The van der Waals surface area contributed by atoms with Crippen molar-refractivity contribution in [2.45, 2.75) is 18.8 Å². The molecule has 1 aromatic rings. The zero-order chi connectivity index (χ0) is 9.42. The van der Waals surface area contributed by atoms with Gasteiger partial charge in [0.15, 0.2) is 0 Å². The van der Waals surface area contributed by atoms with Gasteiger partial charge in [-0.2, -0.15) is 0 Å². The van der Waals surface area contributed by atoms with Crippen LogP contribution in [0.4, 0.5) is 4.39 Å². The van der Waals surface area contributed by atoms with Gasteiger partial charge in [-0.15, -0.1) is 0 Å². The Morgan fingerprint density at radius 1 is 1.46 bits per heavy atom. The Labute approximate surface area is 89.5 Å². The lowest BCUT2D eigenvalue weighted by molar-refractivity contribution is -0.125. The lowest BCUT2D eigenvalue weighted by Gasteiger charge is -2.24. The van der Waals surface area contributed by atoms with Gasteiger partial charge in [-0.05, 0) is 46.7 Å². The molecular weight excluding hydrogens is 282 g/mol. The van der Waals surface area contributed by atoms with E-state index in [1.807, 2.05) is 28.7 Å². The van der Waals surface area contributed by atoms with E-state index in [2.05, 4.69) is 0 Å². The van der Waals surface area contributed by atoms with Crippen LogP contribution in [0.25, 0.3) is 0 Å². The highest BCUT2D eigenvalue weighted by Crippen LogP contribution is 2.33. The molecule has 0 radical (unpaired) electrons. The standard InChI is InChI=1S/C10H8FIO/c11-8-5-6(1-3-9(8)12)7-2-4-10(7)13/h1,3,5,7H,2,4H2. The summed E-state index contributed by atoms with van der Waals surface area (Å²) in [5, 5.41) is 0. The summed E-state index contributed by atoms with van der Waals surface area (Å²) < 4.78 is 13.7. The summed E-state index contributed by atoms with van der Waals surface area (Å²) in [6.45, 7) is 0. The quantitative estimate of drug-likeness (QED) is 0.727. The smallest absolute Gasteiger partial charge is 0.140 e. The second-order valence-electron chi connectivity index (χ2n) is 3.23. The fraction of sp³-hybridized carbons (Fsp3) is 0.300. The summed E-state index contributed by atoms with van der Waals surface area (Å²) in [4.78, 5) is 11.1. The molecule has 0 N–H and O–H groups in total. The van der Waals surface area contributed by atoms with E-state index in [0.29, 0.717) is 9.99 Å². The van der Waals surface area contributed by atoms with Gasteiger partial charge in [-0.1, -0.05) is 6.07 Å². The van der Waals surface area contributed by atoms with Gasteiger partial charge in [0.1, 0.15) is 11.6 Å². The van der Waals surface area contributed by atoms with Crippen LogP contribution in [0, 0.1) is 9.39 Å². The predicted octanol–water partition coefficient (Wildman–Crippen LogP) is 2.88. The van der Waals surface area contributed by atoms with Crippen molar-refractivity contribution < 1.29 is 9.18 Å². The molecule has 1 fully saturated rings. The molecule has 0 aliphatic heterocycles. The molecule has 1 saturated carbocycles. The fourth-order valence-electron chi connectivity index (χ4n) is 1.49. The first-order valence-corrected chi connectivity index (χ1v) is 5.24. The van der Waals surface area contributed by atoms with Crippen molar-refractivity contribution in [2.24, 2.45) is 0 Å². The third-order valence-electron chi connectivity index (χ3n) is 2.41. The molecule has 1 aliphatic carbocycles. The molecule has 1 aliphatic rings. The molecule has 1 aromatic carbocycles. The van der Waals surface area contributed by atoms with Crippen LogP contribution in [0.1, 0.15) is 24.3 Å². The van der Waals surface area contributed by atoms with Gasteiger partial charge in [-0.25, -0.2) is 4.39 Å². The maximum atomic E-state index is 13.1. The first kappa shape index (κ1) is 9.12. The van der Waals surface area contributed by atoms with Gasteiger partial charge < -0.3 is 0 Å². The molecule has 3 heteroatoms. The molecule has 1 unspecified atom stereocenters. The van der Waals surface area contributed by atoms with E-state index in [9.17, 15) is 9.18 Å². The van der Waals surface area contributed by atoms with E-state index >= 15 is 0 Å². The Bertz CT molecular complexity index is 362. The second kappa shape index (κ2) is 3.36. The van der Waals surface area contributed by atoms with Crippen molar-refractivity contribution in [3.05, 3.63) is 33.1 Å². The van der Waals surface area contributed by atoms with Crippen LogP contribution in [0.15, 0.2) is 18.2 Å². The fourth-order valence-corrected chi connectivity index (χ4v) is 1.82. The molecular formula is C10H8FIO. The van der Waals surface area contributed by atoms with Crippen LogP contribution >= 0.6 is 22.6 Å². The lowest BCUT2D eigenvalue weighted by Crippen LogP contribution is -2.23. The molecule has 0 bridgehead atoms. The van der Waals surface area contributed by atoms with Crippen LogP contribution in [0.2, 0.25) is 0 Å². The van der Waals surface area contributed by atoms with Crippen LogP contribution in [0.5, 0.6) is 0 Å². The van der Waals surface area contributed by atoms with E-state index in [4.69, 9.17) is 0 Å². The molecule has 0 saturated heterocycles. The maximum absolute atomic E-state index is 13.1. The van der Waals surface area contributed by atoms with Crippen molar-refractivity contribution in [3.8, 4) is 0 Å². The van der Waals surface area contributed by atoms with Crippen molar-refractivity contribution in [3.63, 3.8) is 0 Å². The van der Waals surface area contributed by atoms with Crippen LogP contribution in [0.3, 0.4) is 0 Å². The number of carbonyl (C=O) groups is 1. The minimum Gasteiger partial charge on any atom is -0.299 e. The van der Waals surface area contributed by atoms with Crippen LogP contribution in [-0.2, 0) is 4.79 Å². The van der Waals surface area contributed by atoms with Gasteiger partial charge in [0.25, 0.3) is 0 Å². The summed E-state index contributed by atoms with van der Waals surface area (Å²) >= 11 is 1.94. The molecule has 0 spiro atoms. The number of hydrogen-bond donors (Lipinski definition) is 0. The number of ketones is 1. The predicted molar refractivity (Wildman–Crippen MR) is 56.1 cm³/mol. The minimum absolute atomic E-state index is 0.0356. The third kappa shape index (κ3) is 1.61. The van der Waals surface area contributed by atoms with Gasteiger partial charge in [0.05, 0.1) is 0 Å². The van der Waals surface area contributed by atoms with E-state index in [-0.39, 0.29) is 17.5 Å². The molecule has 13 heavy (non-hydrogen) atoms. The SMILES string of the molecule is O=C1CCC1c1ccc(I)c(F)c1. The van der Waals surface area contributed by atoms with E-state index in [1.165, 1.54) is 6.07 Å². The van der Waals surface area contributed by atoms with Crippen LogP contribution in [-0.4, -0.2) is 5.78 Å².